The molecule has 0 unspecified atom stereocenters. The van der Waals surface area contributed by atoms with Crippen LogP contribution in [0.5, 0.6) is 0 Å². The highest BCUT2D eigenvalue weighted by atomic mass is 16.3. The molecule has 2 heteroatoms. The van der Waals surface area contributed by atoms with Gasteiger partial charge in [0.2, 0.25) is 0 Å². The minimum Gasteiger partial charge on any atom is -0.469 e. The van der Waals surface area contributed by atoms with E-state index in [1.807, 2.05) is 12.1 Å². The molecule has 0 aromatic carbocycles. The Labute approximate surface area is 83.6 Å². The van der Waals surface area contributed by atoms with E-state index >= 15 is 0 Å². The quantitative estimate of drug-likeness (QED) is 0.733. The fourth-order valence-electron chi connectivity index (χ4n) is 1.78. The van der Waals surface area contributed by atoms with Gasteiger partial charge >= 0.3 is 0 Å². The number of furan rings is 1. The van der Waals surface area contributed by atoms with Crippen molar-refractivity contribution < 1.29 is 9.21 Å². The molecule has 0 amide bonds. The van der Waals surface area contributed by atoms with Crippen LogP contribution in [0.15, 0.2) is 34.5 Å². The van der Waals surface area contributed by atoms with Crippen molar-refractivity contribution in [2.24, 2.45) is 0 Å². The first-order valence-corrected chi connectivity index (χ1v) is 5.11. The average molecular weight is 190 g/mol. The van der Waals surface area contributed by atoms with Crippen molar-refractivity contribution in [2.45, 2.75) is 32.1 Å². The van der Waals surface area contributed by atoms with E-state index in [-0.39, 0.29) is 5.78 Å². The van der Waals surface area contributed by atoms with Crippen LogP contribution in [0.25, 0.3) is 0 Å². The summed E-state index contributed by atoms with van der Waals surface area (Å²) >= 11 is 0. The molecule has 14 heavy (non-hydrogen) atoms. The number of ketones is 1. The number of Topliss-reactive ketones (excluding diaryl/α,β-unsaturated/α-hetero) is 1. The third-order valence-corrected chi connectivity index (χ3v) is 2.56. The van der Waals surface area contributed by atoms with Crippen LogP contribution in [-0.2, 0) is 11.2 Å². The first kappa shape index (κ1) is 9.25. The molecule has 0 N–H and O–H groups in total. The third kappa shape index (κ3) is 2.13. The second-order valence-electron chi connectivity index (χ2n) is 3.65. The van der Waals surface area contributed by atoms with Gasteiger partial charge in [-0.05, 0) is 43.4 Å². The lowest BCUT2D eigenvalue weighted by Crippen LogP contribution is -2.08. The highest BCUT2D eigenvalue weighted by Crippen LogP contribution is 2.19. The minimum absolute atomic E-state index is 0.222. The molecule has 2 rings (SSSR count). The zero-order valence-corrected chi connectivity index (χ0v) is 8.16. The summed E-state index contributed by atoms with van der Waals surface area (Å²) in [5, 5.41) is 0. The van der Waals surface area contributed by atoms with Gasteiger partial charge in [-0.1, -0.05) is 6.08 Å². The highest BCUT2D eigenvalue weighted by Gasteiger charge is 2.13. The van der Waals surface area contributed by atoms with Crippen molar-refractivity contribution in [3.8, 4) is 0 Å². The van der Waals surface area contributed by atoms with Gasteiger partial charge in [-0.2, -0.15) is 0 Å². The summed E-state index contributed by atoms with van der Waals surface area (Å²) in [6, 6.07) is 3.67. The number of hydrogen-bond acceptors (Lipinski definition) is 2. The predicted molar refractivity (Wildman–Crippen MR) is 54.0 cm³/mol. The van der Waals surface area contributed by atoms with E-state index < -0.39 is 0 Å². The molecular weight excluding hydrogens is 176 g/mol. The average Bonchev–Trinajstić information content (AvgIpc) is 2.72. The van der Waals surface area contributed by atoms with Crippen LogP contribution < -0.4 is 0 Å². The van der Waals surface area contributed by atoms with E-state index in [4.69, 9.17) is 4.42 Å². The molecule has 2 nitrogen and oxygen atoms in total. The number of carbonyl (C=O) groups excluding carboxylic acids is 1. The van der Waals surface area contributed by atoms with E-state index in [9.17, 15) is 4.79 Å². The Morgan fingerprint density at radius 3 is 3.00 bits per heavy atom. The summed E-state index contributed by atoms with van der Waals surface area (Å²) in [7, 11) is 0. The van der Waals surface area contributed by atoms with Crippen molar-refractivity contribution >= 4 is 5.78 Å². The van der Waals surface area contributed by atoms with Gasteiger partial charge in [-0.25, -0.2) is 0 Å². The number of allylic oxidation sites excluding steroid dienone is 2. The maximum Gasteiger partial charge on any atom is 0.166 e. The van der Waals surface area contributed by atoms with Crippen molar-refractivity contribution in [2.75, 3.05) is 0 Å². The molecule has 1 aromatic heterocycles. The molecule has 0 bridgehead atoms. The van der Waals surface area contributed by atoms with Gasteiger partial charge in [-0.3, -0.25) is 4.79 Å². The van der Waals surface area contributed by atoms with Gasteiger partial charge in [0.25, 0.3) is 0 Å². The van der Waals surface area contributed by atoms with Crippen LogP contribution in [0.1, 0.15) is 31.4 Å². The maximum absolute atomic E-state index is 11.7. The minimum atomic E-state index is 0.222. The van der Waals surface area contributed by atoms with Gasteiger partial charge < -0.3 is 4.42 Å². The monoisotopic (exact) mass is 190 g/mol. The largest absolute Gasteiger partial charge is 0.469 e. The van der Waals surface area contributed by atoms with E-state index in [1.54, 1.807) is 6.26 Å². The SMILES string of the molecule is O=C(Cc1ccco1)C1=CCCCC1. The van der Waals surface area contributed by atoms with E-state index in [0.29, 0.717) is 6.42 Å². The lowest BCUT2D eigenvalue weighted by molar-refractivity contribution is -0.115. The van der Waals surface area contributed by atoms with E-state index in [1.165, 1.54) is 6.42 Å². The molecule has 0 atom stereocenters. The molecule has 0 fully saturated rings. The van der Waals surface area contributed by atoms with Gasteiger partial charge in [0, 0.05) is 0 Å². The molecule has 0 saturated carbocycles. The van der Waals surface area contributed by atoms with Gasteiger partial charge in [0.1, 0.15) is 5.76 Å². The summed E-state index contributed by atoms with van der Waals surface area (Å²) in [5.41, 5.74) is 0.993. The van der Waals surface area contributed by atoms with Crippen molar-refractivity contribution in [3.05, 3.63) is 35.8 Å². The fraction of sp³-hybridized carbons (Fsp3) is 0.417. The molecule has 1 aromatic rings. The van der Waals surface area contributed by atoms with Gasteiger partial charge in [0.05, 0.1) is 12.7 Å². The Hall–Kier alpha value is -1.31. The van der Waals surface area contributed by atoms with Crippen molar-refractivity contribution in [1.82, 2.24) is 0 Å². The third-order valence-electron chi connectivity index (χ3n) is 2.56. The standard InChI is InChI=1S/C12H14O2/c13-12(9-11-7-4-8-14-11)10-5-2-1-3-6-10/h4-5,7-8H,1-3,6,9H2. The normalized spacial score (nSPS) is 16.4. The molecule has 1 aliphatic carbocycles. The van der Waals surface area contributed by atoms with E-state index in [0.717, 1.165) is 30.6 Å². The van der Waals surface area contributed by atoms with Crippen molar-refractivity contribution in [1.29, 1.82) is 0 Å². The fourth-order valence-corrected chi connectivity index (χ4v) is 1.78. The Morgan fingerprint density at radius 1 is 1.43 bits per heavy atom. The summed E-state index contributed by atoms with van der Waals surface area (Å²) in [6.45, 7) is 0. The molecule has 1 aliphatic rings. The molecular formula is C12H14O2. The Morgan fingerprint density at radius 2 is 2.36 bits per heavy atom. The first-order chi connectivity index (χ1) is 6.86. The molecule has 0 aliphatic heterocycles. The lowest BCUT2D eigenvalue weighted by Gasteiger charge is -2.10. The Kier molecular flexibility index (Phi) is 2.82. The Bertz CT molecular complexity index is 333. The summed E-state index contributed by atoms with van der Waals surface area (Å²) in [4.78, 5) is 11.7. The van der Waals surface area contributed by atoms with Crippen LogP contribution in [0.3, 0.4) is 0 Å². The number of carbonyl (C=O) groups is 1. The van der Waals surface area contributed by atoms with Gasteiger partial charge in [0.15, 0.2) is 5.78 Å². The Balaban J connectivity index is 1.98. The molecule has 1 heterocycles. The summed E-state index contributed by atoms with van der Waals surface area (Å²) in [6.07, 6.45) is 8.47. The zero-order chi connectivity index (χ0) is 9.80. The molecule has 0 saturated heterocycles. The van der Waals surface area contributed by atoms with Crippen LogP contribution in [-0.4, -0.2) is 5.78 Å². The van der Waals surface area contributed by atoms with Gasteiger partial charge in [-0.15, -0.1) is 0 Å². The van der Waals surface area contributed by atoms with Crippen LogP contribution >= 0.6 is 0 Å². The molecule has 74 valence electrons. The maximum atomic E-state index is 11.7. The van der Waals surface area contributed by atoms with E-state index in [2.05, 4.69) is 6.08 Å². The topological polar surface area (TPSA) is 30.2 Å². The van der Waals surface area contributed by atoms with Crippen LogP contribution in [0, 0.1) is 0 Å². The van der Waals surface area contributed by atoms with Crippen LogP contribution in [0.2, 0.25) is 0 Å². The summed E-state index contributed by atoms with van der Waals surface area (Å²) in [5.74, 6) is 0.987. The second-order valence-corrected chi connectivity index (χ2v) is 3.65. The number of hydrogen-bond donors (Lipinski definition) is 0. The molecule has 0 spiro atoms. The highest BCUT2D eigenvalue weighted by molar-refractivity contribution is 5.96. The first-order valence-electron chi connectivity index (χ1n) is 5.11. The summed E-state index contributed by atoms with van der Waals surface area (Å²) < 4.78 is 5.15. The smallest absolute Gasteiger partial charge is 0.166 e. The second kappa shape index (κ2) is 4.27. The van der Waals surface area contributed by atoms with Crippen LogP contribution in [0.4, 0.5) is 0 Å². The predicted octanol–water partition coefficient (Wildman–Crippen LogP) is 2.89. The number of rotatable bonds is 3. The van der Waals surface area contributed by atoms with Crippen molar-refractivity contribution in [3.63, 3.8) is 0 Å². The molecule has 0 radical (unpaired) electrons. The lowest BCUT2D eigenvalue weighted by atomic mass is 9.95. The zero-order valence-electron chi connectivity index (χ0n) is 8.16.